The number of para-hydroxylation sites is 1. The number of nitrogens with one attached hydrogen (secondary N) is 2. The van der Waals surface area contributed by atoms with Gasteiger partial charge in [-0.3, -0.25) is 4.79 Å². The molecule has 1 saturated heterocycles. The molecule has 0 radical (unpaired) electrons. The number of rotatable bonds is 8. The van der Waals surface area contributed by atoms with Crippen LogP contribution in [0.5, 0.6) is 0 Å². The Balaban J connectivity index is 1.73. The monoisotopic (exact) mass is 365 g/mol. The molecular formula is C23H31N3O. The van der Waals surface area contributed by atoms with Crippen molar-refractivity contribution in [3.63, 3.8) is 0 Å². The van der Waals surface area contributed by atoms with E-state index < -0.39 is 0 Å². The zero-order valence-electron chi connectivity index (χ0n) is 16.5. The highest BCUT2D eigenvalue weighted by atomic mass is 16.1. The molecule has 144 valence electrons. The summed E-state index contributed by atoms with van der Waals surface area (Å²) in [5.74, 6) is 0.444. The summed E-state index contributed by atoms with van der Waals surface area (Å²) in [6.07, 6.45) is 3.57. The Hall–Kier alpha value is -2.33. The molecule has 0 aliphatic carbocycles. The summed E-state index contributed by atoms with van der Waals surface area (Å²) in [6, 6.07) is 16.2. The third-order valence-corrected chi connectivity index (χ3v) is 5.16. The third-order valence-electron chi connectivity index (χ3n) is 5.16. The first-order valence-corrected chi connectivity index (χ1v) is 10.1. The number of anilines is 2. The summed E-state index contributed by atoms with van der Waals surface area (Å²) in [7, 11) is 0. The maximum atomic E-state index is 12.2. The fourth-order valence-corrected chi connectivity index (χ4v) is 3.73. The van der Waals surface area contributed by atoms with Crippen LogP contribution >= 0.6 is 0 Å². The molecule has 4 heteroatoms. The summed E-state index contributed by atoms with van der Waals surface area (Å²) >= 11 is 0. The lowest BCUT2D eigenvalue weighted by molar-refractivity contribution is 0.0953. The molecule has 3 rings (SSSR count). The Morgan fingerprint density at radius 1 is 1.11 bits per heavy atom. The van der Waals surface area contributed by atoms with Crippen molar-refractivity contribution in [2.45, 2.75) is 39.0 Å². The molecule has 4 nitrogen and oxygen atoms in total. The number of amides is 1. The van der Waals surface area contributed by atoms with Crippen molar-refractivity contribution < 1.29 is 4.79 Å². The van der Waals surface area contributed by atoms with E-state index in [1.165, 1.54) is 31.5 Å². The number of hydrogen-bond acceptors (Lipinski definition) is 3. The van der Waals surface area contributed by atoms with Crippen molar-refractivity contribution in [3.8, 4) is 0 Å². The fraction of sp³-hybridized carbons (Fsp3) is 0.435. The standard InChI is InChI=1S/C23H31N3O/c1-3-13-24-23(27)19-9-8-10-20(16-19)25-22-12-5-4-11-21(22)18(2)17-26-14-6-7-15-26/h4-5,8-12,16,18,25H,3,6-7,13-15,17H2,1-2H3,(H,24,27). The maximum Gasteiger partial charge on any atom is 0.251 e. The van der Waals surface area contributed by atoms with Crippen molar-refractivity contribution in [2.75, 3.05) is 31.5 Å². The lowest BCUT2D eigenvalue weighted by Gasteiger charge is -2.23. The lowest BCUT2D eigenvalue weighted by atomic mass is 9.98. The minimum Gasteiger partial charge on any atom is -0.355 e. The van der Waals surface area contributed by atoms with Crippen LogP contribution in [-0.2, 0) is 0 Å². The van der Waals surface area contributed by atoms with E-state index in [1.807, 2.05) is 24.3 Å². The highest BCUT2D eigenvalue weighted by molar-refractivity contribution is 5.95. The van der Waals surface area contributed by atoms with E-state index in [9.17, 15) is 4.79 Å². The quantitative estimate of drug-likeness (QED) is 0.708. The minimum absolute atomic E-state index is 0.0174. The van der Waals surface area contributed by atoms with Gasteiger partial charge in [-0.15, -0.1) is 0 Å². The van der Waals surface area contributed by atoms with Crippen LogP contribution in [0.1, 0.15) is 54.9 Å². The number of carbonyl (C=O) groups is 1. The van der Waals surface area contributed by atoms with Crippen molar-refractivity contribution in [2.24, 2.45) is 0 Å². The first-order valence-electron chi connectivity index (χ1n) is 10.1. The van der Waals surface area contributed by atoms with E-state index in [0.717, 1.165) is 24.3 Å². The zero-order valence-corrected chi connectivity index (χ0v) is 16.5. The molecule has 0 aromatic heterocycles. The van der Waals surface area contributed by atoms with Crippen LogP contribution in [0.2, 0.25) is 0 Å². The molecule has 0 bridgehead atoms. The molecule has 2 aromatic carbocycles. The first kappa shape index (κ1) is 19.4. The second kappa shape index (κ2) is 9.56. The van der Waals surface area contributed by atoms with Gasteiger partial charge in [-0.2, -0.15) is 0 Å². The van der Waals surface area contributed by atoms with Gasteiger partial charge in [-0.1, -0.05) is 38.1 Å². The molecule has 1 unspecified atom stereocenters. The van der Waals surface area contributed by atoms with Gasteiger partial charge in [0.1, 0.15) is 0 Å². The van der Waals surface area contributed by atoms with Crippen LogP contribution in [0.25, 0.3) is 0 Å². The normalized spacial score (nSPS) is 15.5. The molecular weight excluding hydrogens is 334 g/mol. The van der Waals surface area contributed by atoms with Crippen molar-refractivity contribution in [1.29, 1.82) is 0 Å². The van der Waals surface area contributed by atoms with E-state index in [1.54, 1.807) is 0 Å². The molecule has 1 atom stereocenters. The van der Waals surface area contributed by atoms with Crippen LogP contribution < -0.4 is 10.6 Å². The molecule has 1 aliphatic heterocycles. The third kappa shape index (κ3) is 5.33. The summed E-state index contributed by atoms with van der Waals surface area (Å²) in [6.45, 7) is 8.58. The Kier molecular flexibility index (Phi) is 6.88. The van der Waals surface area contributed by atoms with E-state index in [0.29, 0.717) is 18.0 Å². The molecule has 1 fully saturated rings. The molecule has 1 heterocycles. The highest BCUT2D eigenvalue weighted by Gasteiger charge is 2.17. The van der Waals surface area contributed by atoms with Gasteiger partial charge in [-0.25, -0.2) is 0 Å². The molecule has 1 amide bonds. The average Bonchev–Trinajstić information content (AvgIpc) is 3.19. The Morgan fingerprint density at radius 3 is 2.67 bits per heavy atom. The van der Waals surface area contributed by atoms with Crippen molar-refractivity contribution in [3.05, 3.63) is 59.7 Å². The predicted octanol–water partition coefficient (Wildman–Crippen LogP) is 4.77. The molecule has 2 aromatic rings. The largest absolute Gasteiger partial charge is 0.355 e. The molecule has 2 N–H and O–H groups in total. The summed E-state index contributed by atoms with van der Waals surface area (Å²) in [4.78, 5) is 14.8. The van der Waals surface area contributed by atoms with Crippen LogP contribution in [0.4, 0.5) is 11.4 Å². The smallest absolute Gasteiger partial charge is 0.251 e. The van der Waals surface area contributed by atoms with Gasteiger partial charge in [-0.05, 0) is 68.1 Å². The van der Waals surface area contributed by atoms with E-state index in [2.05, 4.69) is 53.6 Å². The van der Waals surface area contributed by atoms with Gasteiger partial charge in [0.25, 0.3) is 5.91 Å². The first-order chi connectivity index (χ1) is 13.2. The number of carbonyl (C=O) groups excluding carboxylic acids is 1. The number of benzene rings is 2. The molecule has 1 aliphatic rings. The Morgan fingerprint density at radius 2 is 1.89 bits per heavy atom. The second-order valence-corrected chi connectivity index (χ2v) is 7.46. The summed E-state index contributed by atoms with van der Waals surface area (Å²) < 4.78 is 0. The maximum absolute atomic E-state index is 12.2. The van der Waals surface area contributed by atoms with Crippen LogP contribution in [0.3, 0.4) is 0 Å². The van der Waals surface area contributed by atoms with Gasteiger partial charge in [0.15, 0.2) is 0 Å². The second-order valence-electron chi connectivity index (χ2n) is 7.46. The highest BCUT2D eigenvalue weighted by Crippen LogP contribution is 2.29. The number of hydrogen-bond donors (Lipinski definition) is 2. The van der Waals surface area contributed by atoms with E-state index in [4.69, 9.17) is 0 Å². The Bertz CT molecular complexity index is 753. The minimum atomic E-state index is -0.0174. The topological polar surface area (TPSA) is 44.4 Å². The Labute approximate surface area is 163 Å². The van der Waals surface area contributed by atoms with Gasteiger partial charge in [0, 0.05) is 30.0 Å². The van der Waals surface area contributed by atoms with Crippen LogP contribution in [0, 0.1) is 0 Å². The molecule has 0 spiro atoms. The summed E-state index contributed by atoms with van der Waals surface area (Å²) in [5.41, 5.74) is 4.08. The van der Waals surface area contributed by atoms with Gasteiger partial charge >= 0.3 is 0 Å². The van der Waals surface area contributed by atoms with Crippen LogP contribution in [0.15, 0.2) is 48.5 Å². The zero-order chi connectivity index (χ0) is 19.1. The molecule has 0 saturated carbocycles. The fourth-order valence-electron chi connectivity index (χ4n) is 3.73. The van der Waals surface area contributed by atoms with Gasteiger partial charge in [0.2, 0.25) is 0 Å². The average molecular weight is 366 g/mol. The number of nitrogens with zero attached hydrogens (tertiary/aromatic N) is 1. The van der Waals surface area contributed by atoms with Crippen molar-refractivity contribution in [1.82, 2.24) is 10.2 Å². The van der Waals surface area contributed by atoms with E-state index in [-0.39, 0.29) is 5.91 Å². The van der Waals surface area contributed by atoms with Gasteiger partial charge in [0.05, 0.1) is 0 Å². The summed E-state index contributed by atoms with van der Waals surface area (Å²) in [5, 5.41) is 6.47. The predicted molar refractivity (Wildman–Crippen MR) is 113 cm³/mol. The number of likely N-dealkylation sites (tertiary alicyclic amines) is 1. The van der Waals surface area contributed by atoms with Crippen molar-refractivity contribution >= 4 is 17.3 Å². The lowest BCUT2D eigenvalue weighted by Crippen LogP contribution is -2.24. The van der Waals surface area contributed by atoms with Crippen LogP contribution in [-0.4, -0.2) is 37.0 Å². The SMILES string of the molecule is CCCNC(=O)c1cccc(Nc2ccccc2C(C)CN2CCCC2)c1. The van der Waals surface area contributed by atoms with Gasteiger partial charge < -0.3 is 15.5 Å². The van der Waals surface area contributed by atoms with E-state index >= 15 is 0 Å². The molecule has 27 heavy (non-hydrogen) atoms.